The molecule has 3 rings (SSSR count). The first-order valence-corrected chi connectivity index (χ1v) is 8.36. The molecule has 1 aliphatic heterocycles. The molecule has 0 bridgehead atoms. The van der Waals surface area contributed by atoms with Crippen LogP contribution in [0.25, 0.3) is 0 Å². The molecule has 144 valence electrons. The normalized spacial score (nSPS) is 15.6. The number of hydrogen-bond donors (Lipinski definition) is 0. The maximum Gasteiger partial charge on any atom is 0.573 e. The highest BCUT2D eigenvalue weighted by molar-refractivity contribution is 5.51. The first kappa shape index (κ1) is 19.0. The summed E-state index contributed by atoms with van der Waals surface area (Å²) in [5, 5.41) is 10.7. The van der Waals surface area contributed by atoms with Crippen molar-refractivity contribution >= 4 is 11.4 Å². The zero-order chi connectivity index (χ0) is 19.4. The van der Waals surface area contributed by atoms with Gasteiger partial charge in [0.25, 0.3) is 5.69 Å². The second-order valence-electron chi connectivity index (χ2n) is 6.23. The number of alkyl halides is 3. The molecule has 0 radical (unpaired) electrons. The molecule has 0 amide bonds. The van der Waals surface area contributed by atoms with E-state index < -0.39 is 11.3 Å². The Morgan fingerprint density at radius 3 is 2.07 bits per heavy atom. The second-order valence-corrected chi connectivity index (χ2v) is 6.23. The first-order valence-electron chi connectivity index (χ1n) is 8.36. The van der Waals surface area contributed by atoms with Crippen LogP contribution in [0.15, 0.2) is 48.5 Å². The average molecular weight is 381 g/mol. The molecule has 0 aromatic heterocycles. The quantitative estimate of drug-likeness (QED) is 0.582. The number of rotatable bonds is 5. The van der Waals surface area contributed by atoms with Crippen molar-refractivity contribution in [2.75, 3.05) is 31.1 Å². The van der Waals surface area contributed by atoms with E-state index in [1.807, 2.05) is 0 Å². The summed E-state index contributed by atoms with van der Waals surface area (Å²) in [7, 11) is 0. The number of benzene rings is 2. The van der Waals surface area contributed by atoms with Gasteiger partial charge in [0.15, 0.2) is 0 Å². The van der Waals surface area contributed by atoms with Crippen molar-refractivity contribution in [2.45, 2.75) is 12.9 Å². The Morgan fingerprint density at radius 2 is 1.56 bits per heavy atom. The number of piperazine rings is 1. The molecule has 2 aromatic rings. The zero-order valence-corrected chi connectivity index (χ0v) is 14.4. The lowest BCUT2D eigenvalue weighted by atomic mass is 10.2. The largest absolute Gasteiger partial charge is 0.573 e. The van der Waals surface area contributed by atoms with E-state index in [0.717, 1.165) is 37.4 Å². The first-order chi connectivity index (χ1) is 12.8. The van der Waals surface area contributed by atoms with E-state index in [1.165, 1.54) is 24.3 Å². The number of nitro benzene ring substituents is 1. The highest BCUT2D eigenvalue weighted by atomic mass is 19.4. The predicted octanol–water partition coefficient (Wildman–Crippen LogP) is 3.82. The maximum absolute atomic E-state index is 12.2. The molecule has 1 aliphatic rings. The van der Waals surface area contributed by atoms with Gasteiger partial charge in [0.05, 0.1) is 4.92 Å². The molecule has 0 spiro atoms. The molecule has 6 nitrogen and oxygen atoms in total. The van der Waals surface area contributed by atoms with E-state index in [4.69, 9.17) is 0 Å². The number of non-ortho nitro benzene ring substituents is 1. The predicted molar refractivity (Wildman–Crippen MR) is 93.7 cm³/mol. The fourth-order valence-electron chi connectivity index (χ4n) is 3.00. The van der Waals surface area contributed by atoms with Crippen LogP contribution in [0.1, 0.15) is 5.56 Å². The van der Waals surface area contributed by atoms with Gasteiger partial charge in [-0.1, -0.05) is 12.1 Å². The van der Waals surface area contributed by atoms with Gasteiger partial charge in [-0.3, -0.25) is 15.0 Å². The lowest BCUT2D eigenvalue weighted by Gasteiger charge is -2.36. The van der Waals surface area contributed by atoms with Crippen LogP contribution in [0.2, 0.25) is 0 Å². The molecule has 1 saturated heterocycles. The van der Waals surface area contributed by atoms with Gasteiger partial charge in [-0.15, -0.1) is 13.2 Å². The van der Waals surface area contributed by atoms with Crippen LogP contribution in [0.4, 0.5) is 24.5 Å². The van der Waals surface area contributed by atoms with Gasteiger partial charge in [-0.2, -0.15) is 0 Å². The smallest absolute Gasteiger partial charge is 0.406 e. The molecule has 27 heavy (non-hydrogen) atoms. The monoisotopic (exact) mass is 381 g/mol. The van der Waals surface area contributed by atoms with E-state index in [9.17, 15) is 23.3 Å². The minimum Gasteiger partial charge on any atom is -0.406 e. The molecule has 0 unspecified atom stereocenters. The minimum atomic E-state index is -4.68. The van der Waals surface area contributed by atoms with Gasteiger partial charge >= 0.3 is 6.36 Å². The van der Waals surface area contributed by atoms with Gasteiger partial charge in [0.1, 0.15) is 5.75 Å². The molecule has 9 heteroatoms. The summed E-state index contributed by atoms with van der Waals surface area (Å²) in [6.07, 6.45) is -4.68. The van der Waals surface area contributed by atoms with Crippen LogP contribution < -0.4 is 9.64 Å². The summed E-state index contributed by atoms with van der Waals surface area (Å²) in [6, 6.07) is 12.4. The summed E-state index contributed by atoms with van der Waals surface area (Å²) in [6.45, 7) is 3.76. The second kappa shape index (κ2) is 7.83. The third-order valence-corrected chi connectivity index (χ3v) is 4.36. The average Bonchev–Trinajstić information content (AvgIpc) is 2.63. The van der Waals surface area contributed by atoms with Crippen molar-refractivity contribution in [1.82, 2.24) is 4.90 Å². The van der Waals surface area contributed by atoms with Crippen molar-refractivity contribution in [3.05, 3.63) is 64.2 Å². The molecule has 1 fully saturated rings. The van der Waals surface area contributed by atoms with Crippen LogP contribution >= 0.6 is 0 Å². The fourth-order valence-corrected chi connectivity index (χ4v) is 3.00. The number of nitrogens with zero attached hydrogens (tertiary/aromatic N) is 3. The van der Waals surface area contributed by atoms with Gasteiger partial charge in [-0.05, 0) is 29.8 Å². The van der Waals surface area contributed by atoms with E-state index in [1.54, 1.807) is 24.3 Å². The van der Waals surface area contributed by atoms with Crippen molar-refractivity contribution in [3.63, 3.8) is 0 Å². The van der Waals surface area contributed by atoms with Crippen LogP contribution in [0.3, 0.4) is 0 Å². The Labute approximate surface area is 153 Å². The molecule has 0 aliphatic carbocycles. The summed E-state index contributed by atoms with van der Waals surface area (Å²) in [5.41, 5.74) is 1.91. The van der Waals surface area contributed by atoms with Gasteiger partial charge < -0.3 is 9.64 Å². The van der Waals surface area contributed by atoms with E-state index in [0.29, 0.717) is 6.54 Å². The number of halogens is 3. The van der Waals surface area contributed by atoms with Crippen LogP contribution in [-0.2, 0) is 6.54 Å². The Bertz CT molecular complexity index is 771. The number of anilines is 1. The molecule has 1 heterocycles. The van der Waals surface area contributed by atoms with Crippen molar-refractivity contribution in [1.29, 1.82) is 0 Å². The van der Waals surface area contributed by atoms with Crippen LogP contribution in [-0.4, -0.2) is 42.4 Å². The lowest BCUT2D eigenvalue weighted by molar-refractivity contribution is -0.384. The number of ether oxygens (including phenoxy) is 1. The molecule has 0 saturated carbocycles. The minimum absolute atomic E-state index is 0.0651. The molecular weight excluding hydrogens is 363 g/mol. The van der Waals surface area contributed by atoms with Crippen LogP contribution in [0, 0.1) is 10.1 Å². The topological polar surface area (TPSA) is 58.9 Å². The Kier molecular flexibility index (Phi) is 5.50. The van der Waals surface area contributed by atoms with Crippen LogP contribution in [0.5, 0.6) is 5.75 Å². The third-order valence-electron chi connectivity index (χ3n) is 4.36. The molecule has 0 N–H and O–H groups in total. The summed E-state index contributed by atoms with van der Waals surface area (Å²) >= 11 is 0. The van der Waals surface area contributed by atoms with Gasteiger partial charge in [0, 0.05) is 50.5 Å². The lowest BCUT2D eigenvalue weighted by Crippen LogP contribution is -2.45. The molecule has 2 aromatic carbocycles. The van der Waals surface area contributed by atoms with Crippen molar-refractivity contribution in [3.8, 4) is 5.75 Å². The van der Waals surface area contributed by atoms with E-state index >= 15 is 0 Å². The zero-order valence-electron chi connectivity index (χ0n) is 14.4. The maximum atomic E-state index is 12.2. The highest BCUT2D eigenvalue weighted by Crippen LogP contribution is 2.24. The number of hydrogen-bond acceptors (Lipinski definition) is 5. The summed E-state index contributed by atoms with van der Waals surface area (Å²) < 4.78 is 40.4. The van der Waals surface area contributed by atoms with E-state index in [-0.39, 0.29) is 11.4 Å². The number of nitro groups is 1. The summed E-state index contributed by atoms with van der Waals surface area (Å²) in [5.74, 6) is -0.228. The molecular formula is C18H18F3N3O3. The SMILES string of the molecule is O=[N+]([O-])c1ccc(N2CCN(Cc3ccc(OC(F)(F)F)cc3)CC2)cc1. The molecule has 0 atom stereocenters. The Morgan fingerprint density at radius 1 is 0.963 bits per heavy atom. The Hall–Kier alpha value is -2.81. The van der Waals surface area contributed by atoms with Crippen molar-refractivity contribution in [2.24, 2.45) is 0 Å². The third kappa shape index (κ3) is 5.33. The highest BCUT2D eigenvalue weighted by Gasteiger charge is 2.31. The van der Waals surface area contributed by atoms with Crippen molar-refractivity contribution < 1.29 is 22.8 Å². The Balaban J connectivity index is 1.51. The fraction of sp³-hybridized carbons (Fsp3) is 0.333. The standard InChI is InChI=1S/C18H18F3N3O3/c19-18(20,21)27-17-7-1-14(2-8-17)13-22-9-11-23(12-10-22)15-3-5-16(6-4-15)24(25)26/h1-8H,9-13H2. The summed E-state index contributed by atoms with van der Waals surface area (Å²) in [4.78, 5) is 14.7. The van der Waals surface area contributed by atoms with E-state index in [2.05, 4.69) is 14.5 Å². The van der Waals surface area contributed by atoms with Gasteiger partial charge in [-0.25, -0.2) is 0 Å². The van der Waals surface area contributed by atoms with Gasteiger partial charge in [0.2, 0.25) is 0 Å².